The van der Waals surface area contributed by atoms with Crippen LogP contribution in [0.5, 0.6) is 0 Å². The Balaban J connectivity index is 2.14. The fourth-order valence-corrected chi connectivity index (χ4v) is 2.12. The normalized spacial score (nSPS) is 10.4. The minimum Gasteiger partial charge on any atom is -0.392 e. The smallest absolute Gasteiger partial charge is 0.124 e. The zero-order valence-electron chi connectivity index (χ0n) is 8.92. The van der Waals surface area contributed by atoms with Gasteiger partial charge in [0, 0.05) is 4.90 Å². The Morgan fingerprint density at radius 2 is 2.00 bits per heavy atom. The Labute approximate surface area is 98.5 Å². The predicted octanol–water partition coefficient (Wildman–Crippen LogP) is 2.43. The molecule has 0 aliphatic heterocycles. The van der Waals surface area contributed by atoms with Crippen LogP contribution in [0.4, 0.5) is 0 Å². The molecule has 1 aromatic heterocycles. The quantitative estimate of drug-likeness (QED) is 0.882. The van der Waals surface area contributed by atoms with Gasteiger partial charge in [-0.05, 0) is 36.2 Å². The summed E-state index contributed by atoms with van der Waals surface area (Å²) in [5.74, 6) is 0. The lowest BCUT2D eigenvalue weighted by atomic mass is 10.2. The van der Waals surface area contributed by atoms with Gasteiger partial charge >= 0.3 is 0 Å². The lowest BCUT2D eigenvalue weighted by Gasteiger charge is -2.01. The van der Waals surface area contributed by atoms with Crippen molar-refractivity contribution in [3.63, 3.8) is 0 Å². The third-order valence-electron chi connectivity index (χ3n) is 2.10. The number of hydrogen-bond acceptors (Lipinski definition) is 4. The van der Waals surface area contributed by atoms with Gasteiger partial charge in [0.05, 0.1) is 12.8 Å². The second kappa shape index (κ2) is 5.09. The van der Waals surface area contributed by atoms with E-state index in [0.29, 0.717) is 0 Å². The number of aromatic nitrogens is 2. The third kappa shape index (κ3) is 2.81. The Morgan fingerprint density at radius 3 is 2.62 bits per heavy atom. The third-order valence-corrected chi connectivity index (χ3v) is 3.01. The average molecular weight is 232 g/mol. The number of aliphatic hydroxyl groups is 1. The molecule has 3 nitrogen and oxygen atoms in total. The van der Waals surface area contributed by atoms with E-state index in [1.165, 1.54) is 0 Å². The van der Waals surface area contributed by atoms with Crippen LogP contribution in [-0.4, -0.2) is 15.3 Å². The molecular formula is C12H12N2OS. The maximum Gasteiger partial charge on any atom is 0.124 e. The van der Waals surface area contributed by atoms with Crippen LogP contribution in [0.3, 0.4) is 0 Å². The molecule has 2 aromatic rings. The second-order valence-corrected chi connectivity index (χ2v) is 4.57. The largest absolute Gasteiger partial charge is 0.392 e. The van der Waals surface area contributed by atoms with Crippen molar-refractivity contribution in [2.75, 3.05) is 0 Å². The zero-order valence-corrected chi connectivity index (χ0v) is 9.74. The first-order valence-corrected chi connectivity index (χ1v) is 5.76. The van der Waals surface area contributed by atoms with Crippen molar-refractivity contribution in [1.82, 2.24) is 10.2 Å². The van der Waals surface area contributed by atoms with Crippen molar-refractivity contribution in [1.29, 1.82) is 0 Å². The molecule has 0 amide bonds. The van der Waals surface area contributed by atoms with Gasteiger partial charge in [0.2, 0.25) is 0 Å². The van der Waals surface area contributed by atoms with Crippen molar-refractivity contribution in [3.8, 4) is 0 Å². The van der Waals surface area contributed by atoms with E-state index in [1.807, 2.05) is 37.3 Å². The van der Waals surface area contributed by atoms with Crippen LogP contribution in [0, 0.1) is 6.92 Å². The molecule has 0 saturated carbocycles. The van der Waals surface area contributed by atoms with Crippen molar-refractivity contribution >= 4 is 11.8 Å². The summed E-state index contributed by atoms with van der Waals surface area (Å²) in [4.78, 5) is 1.09. The van der Waals surface area contributed by atoms with Crippen LogP contribution in [-0.2, 0) is 6.61 Å². The highest BCUT2D eigenvalue weighted by atomic mass is 32.2. The second-order valence-electron chi connectivity index (χ2n) is 3.48. The van der Waals surface area contributed by atoms with Crippen LogP contribution in [0.15, 0.2) is 46.5 Å². The molecule has 0 aliphatic rings. The van der Waals surface area contributed by atoms with Gasteiger partial charge in [-0.2, -0.15) is 5.10 Å². The van der Waals surface area contributed by atoms with Gasteiger partial charge in [0.1, 0.15) is 5.03 Å². The summed E-state index contributed by atoms with van der Waals surface area (Å²) in [7, 11) is 0. The molecule has 2 rings (SSSR count). The summed E-state index contributed by atoms with van der Waals surface area (Å²) in [6.07, 6.45) is 1.74. The van der Waals surface area contributed by atoms with Crippen molar-refractivity contribution in [3.05, 3.63) is 47.7 Å². The van der Waals surface area contributed by atoms with Crippen molar-refractivity contribution in [2.24, 2.45) is 0 Å². The molecule has 82 valence electrons. The Bertz CT molecular complexity index is 471. The number of benzene rings is 1. The molecule has 0 radical (unpaired) electrons. The number of aryl methyl sites for hydroxylation is 1. The molecule has 0 atom stereocenters. The monoisotopic (exact) mass is 232 g/mol. The van der Waals surface area contributed by atoms with Gasteiger partial charge in [0.25, 0.3) is 0 Å². The number of nitrogens with zero attached hydrogens (tertiary/aromatic N) is 2. The standard InChI is InChI=1S/C12H12N2OS/c1-9-6-12(14-13-7-9)16-11-4-2-10(8-15)3-5-11/h2-7,15H,8H2,1H3. The van der Waals surface area contributed by atoms with Gasteiger partial charge in [-0.25, -0.2) is 0 Å². The SMILES string of the molecule is Cc1cnnc(Sc2ccc(CO)cc2)c1. The molecular weight excluding hydrogens is 220 g/mol. The number of hydrogen-bond donors (Lipinski definition) is 1. The molecule has 16 heavy (non-hydrogen) atoms. The fraction of sp³-hybridized carbons (Fsp3) is 0.167. The minimum absolute atomic E-state index is 0.0786. The number of aliphatic hydroxyl groups excluding tert-OH is 1. The zero-order chi connectivity index (χ0) is 11.4. The molecule has 1 aromatic carbocycles. The van der Waals surface area contributed by atoms with Crippen molar-refractivity contribution < 1.29 is 5.11 Å². The average Bonchev–Trinajstić information content (AvgIpc) is 2.30. The highest BCUT2D eigenvalue weighted by molar-refractivity contribution is 7.99. The van der Waals surface area contributed by atoms with E-state index >= 15 is 0 Å². The van der Waals surface area contributed by atoms with E-state index in [0.717, 1.165) is 21.0 Å². The molecule has 1 heterocycles. The van der Waals surface area contributed by atoms with Crippen LogP contribution in [0.1, 0.15) is 11.1 Å². The topological polar surface area (TPSA) is 46.0 Å². The maximum absolute atomic E-state index is 8.93. The fourth-order valence-electron chi connectivity index (χ4n) is 1.27. The summed E-state index contributed by atoms with van der Waals surface area (Å²) < 4.78 is 0. The van der Waals surface area contributed by atoms with Gasteiger partial charge in [-0.3, -0.25) is 0 Å². The first-order chi connectivity index (χ1) is 7.78. The molecule has 0 saturated heterocycles. The molecule has 0 unspecified atom stereocenters. The highest BCUT2D eigenvalue weighted by Crippen LogP contribution is 2.25. The van der Waals surface area contributed by atoms with Gasteiger partial charge in [-0.15, -0.1) is 5.10 Å². The molecule has 0 bridgehead atoms. The predicted molar refractivity (Wildman–Crippen MR) is 63.3 cm³/mol. The molecule has 4 heteroatoms. The number of rotatable bonds is 3. The molecule has 1 N–H and O–H groups in total. The Hall–Kier alpha value is -1.39. The lowest BCUT2D eigenvalue weighted by Crippen LogP contribution is -1.86. The molecule has 0 fully saturated rings. The van der Waals surface area contributed by atoms with E-state index in [2.05, 4.69) is 10.2 Å². The molecule has 0 aliphatic carbocycles. The summed E-state index contributed by atoms with van der Waals surface area (Å²) in [5, 5.41) is 17.8. The van der Waals surface area contributed by atoms with Crippen LogP contribution in [0.25, 0.3) is 0 Å². The summed E-state index contributed by atoms with van der Waals surface area (Å²) in [5.41, 5.74) is 2.02. The van der Waals surface area contributed by atoms with E-state index in [1.54, 1.807) is 18.0 Å². The van der Waals surface area contributed by atoms with Gasteiger partial charge in [0.15, 0.2) is 0 Å². The van der Waals surface area contributed by atoms with Crippen LogP contribution >= 0.6 is 11.8 Å². The van der Waals surface area contributed by atoms with Gasteiger partial charge in [-0.1, -0.05) is 23.9 Å². The summed E-state index contributed by atoms with van der Waals surface area (Å²) in [6.45, 7) is 2.07. The highest BCUT2D eigenvalue weighted by Gasteiger charge is 2.00. The minimum atomic E-state index is 0.0786. The first-order valence-electron chi connectivity index (χ1n) is 4.95. The van der Waals surface area contributed by atoms with E-state index in [4.69, 9.17) is 5.11 Å². The summed E-state index contributed by atoms with van der Waals surface area (Å²) >= 11 is 1.57. The summed E-state index contributed by atoms with van der Waals surface area (Å²) in [6, 6.07) is 9.76. The molecule has 0 spiro atoms. The Kier molecular flexibility index (Phi) is 3.54. The van der Waals surface area contributed by atoms with Gasteiger partial charge < -0.3 is 5.11 Å². The van der Waals surface area contributed by atoms with Crippen molar-refractivity contribution in [2.45, 2.75) is 23.5 Å². The van der Waals surface area contributed by atoms with E-state index < -0.39 is 0 Å². The lowest BCUT2D eigenvalue weighted by molar-refractivity contribution is 0.282. The van der Waals surface area contributed by atoms with E-state index in [9.17, 15) is 0 Å². The first kappa shape index (κ1) is 11.1. The van der Waals surface area contributed by atoms with Crippen LogP contribution in [0.2, 0.25) is 0 Å². The Morgan fingerprint density at radius 1 is 1.25 bits per heavy atom. The maximum atomic E-state index is 8.93. The van der Waals surface area contributed by atoms with E-state index in [-0.39, 0.29) is 6.61 Å². The van der Waals surface area contributed by atoms with Crippen LogP contribution < -0.4 is 0 Å².